The van der Waals surface area contributed by atoms with Gasteiger partial charge in [-0.15, -0.1) is 0 Å². The molecule has 3 rings (SSSR count). The lowest BCUT2D eigenvalue weighted by atomic mass is 10.1. The minimum absolute atomic E-state index is 0.0537. The molecule has 1 saturated heterocycles. The molecule has 2 heterocycles. The zero-order valence-corrected chi connectivity index (χ0v) is 11.0. The molecule has 1 N–H and O–H groups in total. The van der Waals surface area contributed by atoms with E-state index in [1.807, 2.05) is 12.1 Å². The van der Waals surface area contributed by atoms with Crippen molar-refractivity contribution in [3.63, 3.8) is 0 Å². The first-order valence-corrected chi connectivity index (χ1v) is 6.64. The normalized spacial score (nSPS) is 18.1. The molecule has 6 nitrogen and oxygen atoms in total. The summed E-state index contributed by atoms with van der Waals surface area (Å²) in [5, 5.41) is 6.98. The van der Waals surface area contributed by atoms with Gasteiger partial charge in [-0.2, -0.15) is 5.10 Å². The number of carbonyl (C=O) groups excluding carboxylic acids is 1. The second kappa shape index (κ2) is 5.83. The van der Waals surface area contributed by atoms with Gasteiger partial charge < -0.3 is 10.1 Å². The van der Waals surface area contributed by atoms with Crippen molar-refractivity contribution in [1.82, 2.24) is 20.1 Å². The SMILES string of the molecule is O=C(NC[C@@H]1CCOC1)c1ccc(-n2cncn2)cc1. The van der Waals surface area contributed by atoms with Crippen LogP contribution in [0.1, 0.15) is 16.8 Å². The van der Waals surface area contributed by atoms with Crippen LogP contribution >= 0.6 is 0 Å². The second-order valence-corrected chi connectivity index (χ2v) is 4.83. The summed E-state index contributed by atoms with van der Waals surface area (Å²) in [6, 6.07) is 7.28. The number of nitrogens with one attached hydrogen (secondary N) is 1. The highest BCUT2D eigenvalue weighted by atomic mass is 16.5. The van der Waals surface area contributed by atoms with Crippen molar-refractivity contribution in [3.05, 3.63) is 42.5 Å². The van der Waals surface area contributed by atoms with Crippen LogP contribution in [0.3, 0.4) is 0 Å². The fourth-order valence-corrected chi connectivity index (χ4v) is 2.19. The molecule has 0 saturated carbocycles. The zero-order chi connectivity index (χ0) is 13.8. The van der Waals surface area contributed by atoms with Crippen LogP contribution in [0.25, 0.3) is 5.69 Å². The molecule has 1 aliphatic rings. The lowest BCUT2D eigenvalue weighted by Gasteiger charge is -2.09. The van der Waals surface area contributed by atoms with E-state index in [0.29, 0.717) is 18.0 Å². The second-order valence-electron chi connectivity index (χ2n) is 4.83. The van der Waals surface area contributed by atoms with Crippen LogP contribution in [-0.2, 0) is 4.74 Å². The number of ether oxygens (including phenoxy) is 1. The van der Waals surface area contributed by atoms with Gasteiger partial charge in [0.1, 0.15) is 12.7 Å². The maximum atomic E-state index is 12.0. The van der Waals surface area contributed by atoms with E-state index in [-0.39, 0.29) is 5.91 Å². The predicted molar refractivity (Wildman–Crippen MR) is 72.6 cm³/mol. The van der Waals surface area contributed by atoms with Crippen molar-refractivity contribution >= 4 is 5.91 Å². The molecule has 6 heteroatoms. The van der Waals surface area contributed by atoms with Crippen LogP contribution < -0.4 is 5.32 Å². The predicted octanol–water partition coefficient (Wildman–Crippen LogP) is 1.03. The Morgan fingerprint density at radius 2 is 2.25 bits per heavy atom. The van der Waals surface area contributed by atoms with Gasteiger partial charge in [0.15, 0.2) is 0 Å². The Balaban J connectivity index is 1.60. The minimum Gasteiger partial charge on any atom is -0.381 e. The molecule has 1 aliphatic heterocycles. The lowest BCUT2D eigenvalue weighted by Crippen LogP contribution is -2.29. The molecule has 0 spiro atoms. The summed E-state index contributed by atoms with van der Waals surface area (Å²) in [4.78, 5) is 15.9. The Morgan fingerprint density at radius 1 is 1.40 bits per heavy atom. The smallest absolute Gasteiger partial charge is 0.251 e. The minimum atomic E-state index is -0.0537. The molecular formula is C14H16N4O2. The Labute approximate surface area is 116 Å². The molecule has 0 aliphatic carbocycles. The van der Waals surface area contributed by atoms with E-state index in [4.69, 9.17) is 4.74 Å². The Morgan fingerprint density at radius 3 is 2.90 bits per heavy atom. The molecule has 0 bridgehead atoms. The van der Waals surface area contributed by atoms with E-state index < -0.39 is 0 Å². The van der Waals surface area contributed by atoms with E-state index >= 15 is 0 Å². The molecule has 104 valence electrons. The third-order valence-electron chi connectivity index (χ3n) is 3.39. The number of aromatic nitrogens is 3. The van der Waals surface area contributed by atoms with Gasteiger partial charge in [0.25, 0.3) is 5.91 Å². The molecule has 1 aromatic heterocycles. The molecule has 2 aromatic rings. The van der Waals surface area contributed by atoms with Crippen LogP contribution in [0.15, 0.2) is 36.9 Å². The Kier molecular flexibility index (Phi) is 3.73. The molecule has 1 aromatic carbocycles. The van der Waals surface area contributed by atoms with Crippen molar-refractivity contribution in [2.45, 2.75) is 6.42 Å². The first-order valence-electron chi connectivity index (χ1n) is 6.64. The standard InChI is InChI=1S/C14H16N4O2/c19-14(16-7-11-5-6-20-8-11)12-1-3-13(4-2-12)18-10-15-9-17-18/h1-4,9-11H,5-8H2,(H,16,19)/t11-/m0/s1. The van der Waals surface area contributed by atoms with Crippen molar-refractivity contribution in [2.24, 2.45) is 5.92 Å². The molecule has 0 radical (unpaired) electrons. The molecule has 1 fully saturated rings. The first-order chi connectivity index (χ1) is 9.83. The van der Waals surface area contributed by atoms with Gasteiger partial charge in [-0.25, -0.2) is 9.67 Å². The number of hydrogen-bond donors (Lipinski definition) is 1. The summed E-state index contributed by atoms with van der Waals surface area (Å²) in [6.45, 7) is 2.21. The highest BCUT2D eigenvalue weighted by molar-refractivity contribution is 5.94. The largest absolute Gasteiger partial charge is 0.381 e. The summed E-state index contributed by atoms with van der Waals surface area (Å²) in [7, 11) is 0. The molecule has 1 amide bonds. The van der Waals surface area contributed by atoms with Gasteiger partial charge >= 0.3 is 0 Å². The van der Waals surface area contributed by atoms with E-state index in [2.05, 4.69) is 15.4 Å². The number of rotatable bonds is 4. The lowest BCUT2D eigenvalue weighted by molar-refractivity contribution is 0.0945. The topological polar surface area (TPSA) is 69.0 Å². The number of hydrogen-bond acceptors (Lipinski definition) is 4. The average molecular weight is 272 g/mol. The van der Waals surface area contributed by atoms with Crippen molar-refractivity contribution in [2.75, 3.05) is 19.8 Å². The van der Waals surface area contributed by atoms with Gasteiger partial charge in [-0.3, -0.25) is 4.79 Å². The molecular weight excluding hydrogens is 256 g/mol. The molecule has 1 atom stereocenters. The van der Waals surface area contributed by atoms with Gasteiger partial charge in [0.05, 0.1) is 12.3 Å². The van der Waals surface area contributed by atoms with E-state index in [1.54, 1.807) is 23.1 Å². The summed E-state index contributed by atoms with van der Waals surface area (Å²) >= 11 is 0. The number of benzene rings is 1. The monoisotopic (exact) mass is 272 g/mol. The van der Waals surface area contributed by atoms with Crippen molar-refractivity contribution < 1.29 is 9.53 Å². The summed E-state index contributed by atoms with van der Waals surface area (Å²) < 4.78 is 6.94. The summed E-state index contributed by atoms with van der Waals surface area (Å²) in [5.74, 6) is 0.385. The third kappa shape index (κ3) is 2.85. The highest BCUT2D eigenvalue weighted by Gasteiger charge is 2.16. The van der Waals surface area contributed by atoms with Crippen LogP contribution in [0, 0.1) is 5.92 Å². The van der Waals surface area contributed by atoms with Crippen LogP contribution in [0.4, 0.5) is 0 Å². The molecule has 20 heavy (non-hydrogen) atoms. The fraction of sp³-hybridized carbons (Fsp3) is 0.357. The van der Waals surface area contributed by atoms with Crippen LogP contribution in [-0.4, -0.2) is 40.4 Å². The van der Waals surface area contributed by atoms with Gasteiger partial charge in [0.2, 0.25) is 0 Å². The average Bonchev–Trinajstić information content (AvgIpc) is 3.18. The zero-order valence-electron chi connectivity index (χ0n) is 11.0. The summed E-state index contributed by atoms with van der Waals surface area (Å²) in [6.07, 6.45) is 4.12. The third-order valence-corrected chi connectivity index (χ3v) is 3.39. The number of nitrogens with zero attached hydrogens (tertiary/aromatic N) is 3. The van der Waals surface area contributed by atoms with Gasteiger partial charge in [0, 0.05) is 24.6 Å². The van der Waals surface area contributed by atoms with Crippen molar-refractivity contribution in [1.29, 1.82) is 0 Å². The van der Waals surface area contributed by atoms with Gasteiger partial charge in [-0.1, -0.05) is 0 Å². The van der Waals surface area contributed by atoms with E-state index in [1.165, 1.54) is 6.33 Å². The first kappa shape index (κ1) is 12.8. The maximum Gasteiger partial charge on any atom is 0.251 e. The van der Waals surface area contributed by atoms with E-state index in [9.17, 15) is 4.79 Å². The summed E-state index contributed by atoms with van der Waals surface area (Å²) in [5.41, 5.74) is 1.52. The van der Waals surface area contributed by atoms with Crippen LogP contribution in [0.5, 0.6) is 0 Å². The fourth-order valence-electron chi connectivity index (χ4n) is 2.19. The highest BCUT2D eigenvalue weighted by Crippen LogP contribution is 2.12. The van der Waals surface area contributed by atoms with E-state index in [0.717, 1.165) is 25.3 Å². The maximum absolute atomic E-state index is 12.0. The number of carbonyl (C=O) groups is 1. The van der Waals surface area contributed by atoms with Gasteiger partial charge in [-0.05, 0) is 30.7 Å². The quantitative estimate of drug-likeness (QED) is 0.902. The van der Waals surface area contributed by atoms with Crippen molar-refractivity contribution in [3.8, 4) is 5.69 Å². The Hall–Kier alpha value is -2.21. The number of amides is 1. The molecule has 0 unspecified atom stereocenters. The van der Waals surface area contributed by atoms with Crippen LogP contribution in [0.2, 0.25) is 0 Å². The Bertz CT molecular complexity index is 559.